The fourth-order valence-electron chi connectivity index (χ4n) is 4.18. The van der Waals surface area contributed by atoms with Gasteiger partial charge in [0.25, 0.3) is 5.91 Å². The van der Waals surface area contributed by atoms with E-state index in [1.165, 1.54) is 11.0 Å². The molecule has 0 bridgehead atoms. The van der Waals surface area contributed by atoms with Gasteiger partial charge in [0.1, 0.15) is 17.4 Å². The highest BCUT2D eigenvalue weighted by Gasteiger charge is 2.38. The molecule has 2 aromatic carbocycles. The van der Waals surface area contributed by atoms with Crippen LogP contribution in [-0.4, -0.2) is 67.4 Å². The van der Waals surface area contributed by atoms with Crippen LogP contribution in [0.5, 0.6) is 11.5 Å². The number of para-hydroxylation sites is 2. The van der Waals surface area contributed by atoms with Gasteiger partial charge in [0, 0.05) is 32.2 Å². The first-order chi connectivity index (χ1) is 16.5. The van der Waals surface area contributed by atoms with Crippen LogP contribution in [0.2, 0.25) is 0 Å². The number of halogens is 2. The first-order valence-electron chi connectivity index (χ1n) is 11.3. The summed E-state index contributed by atoms with van der Waals surface area (Å²) in [4.78, 5) is 21.9. The number of rotatable bonds is 6. The largest absolute Gasteiger partial charge is 0.482 e. The van der Waals surface area contributed by atoms with Crippen LogP contribution in [0.25, 0.3) is 10.2 Å². The normalized spacial score (nSPS) is 20.4. The summed E-state index contributed by atoms with van der Waals surface area (Å²) in [6, 6.07) is 9.22. The Morgan fingerprint density at radius 3 is 2.68 bits per heavy atom. The van der Waals surface area contributed by atoms with Gasteiger partial charge in [-0.2, -0.15) is 0 Å². The molecule has 3 heterocycles. The Morgan fingerprint density at radius 1 is 1.18 bits per heavy atom. The summed E-state index contributed by atoms with van der Waals surface area (Å²) in [7, 11) is 0. The molecule has 1 saturated heterocycles. The highest BCUT2D eigenvalue weighted by atomic mass is 32.1. The van der Waals surface area contributed by atoms with E-state index in [-0.39, 0.29) is 11.4 Å². The molecule has 2 atom stereocenters. The quantitative estimate of drug-likeness (QED) is 0.524. The van der Waals surface area contributed by atoms with Crippen molar-refractivity contribution in [3.05, 3.63) is 48.0 Å². The lowest BCUT2D eigenvalue weighted by Gasteiger charge is -2.34. The standard InChI is InChI=1S/C24H25F2N3O4S/c1-15-22(33-19-6-3-2-5-18(19)32-15)23(30)29(8-4-7-28-9-11-31-12-10-28)24-27-21-17(26)13-16(25)14-20(21)34-24/h2-3,5-6,13-15,22H,4,7-12H2,1H3. The maximum atomic E-state index is 14.3. The number of carbonyl (C=O) groups is 1. The highest BCUT2D eigenvalue weighted by molar-refractivity contribution is 7.22. The van der Waals surface area contributed by atoms with E-state index in [1.807, 2.05) is 12.1 Å². The third kappa shape index (κ3) is 4.70. The van der Waals surface area contributed by atoms with Gasteiger partial charge in [-0.05, 0) is 31.5 Å². The fourth-order valence-corrected chi connectivity index (χ4v) is 5.22. The van der Waals surface area contributed by atoms with Crippen LogP contribution in [0.4, 0.5) is 13.9 Å². The van der Waals surface area contributed by atoms with E-state index in [0.717, 1.165) is 37.0 Å². The predicted molar refractivity (Wildman–Crippen MR) is 125 cm³/mol. The van der Waals surface area contributed by atoms with E-state index in [0.29, 0.717) is 47.5 Å². The van der Waals surface area contributed by atoms with Gasteiger partial charge in [0.2, 0.25) is 6.10 Å². The van der Waals surface area contributed by atoms with E-state index in [2.05, 4.69) is 9.88 Å². The van der Waals surface area contributed by atoms with E-state index in [4.69, 9.17) is 14.2 Å². The van der Waals surface area contributed by atoms with E-state index in [9.17, 15) is 13.6 Å². The van der Waals surface area contributed by atoms with Crippen molar-refractivity contribution in [3.63, 3.8) is 0 Å². The van der Waals surface area contributed by atoms with Gasteiger partial charge < -0.3 is 14.2 Å². The summed E-state index contributed by atoms with van der Waals surface area (Å²) in [6.07, 6.45) is -0.753. The first-order valence-corrected chi connectivity index (χ1v) is 12.1. The smallest absolute Gasteiger partial charge is 0.273 e. The van der Waals surface area contributed by atoms with E-state index in [1.54, 1.807) is 19.1 Å². The molecule has 7 nitrogen and oxygen atoms in total. The molecule has 10 heteroatoms. The maximum absolute atomic E-state index is 14.3. The zero-order chi connectivity index (χ0) is 23.7. The van der Waals surface area contributed by atoms with Crippen LogP contribution < -0.4 is 14.4 Å². The van der Waals surface area contributed by atoms with Gasteiger partial charge in [-0.3, -0.25) is 14.6 Å². The second-order valence-electron chi connectivity index (χ2n) is 8.34. The molecular formula is C24H25F2N3O4S. The van der Waals surface area contributed by atoms with Crippen molar-refractivity contribution in [1.29, 1.82) is 0 Å². The number of hydrogen-bond acceptors (Lipinski definition) is 7. The van der Waals surface area contributed by atoms with Crippen LogP contribution in [0.3, 0.4) is 0 Å². The van der Waals surface area contributed by atoms with Crippen LogP contribution in [0, 0.1) is 11.6 Å². The van der Waals surface area contributed by atoms with Gasteiger partial charge in [-0.25, -0.2) is 13.8 Å². The molecule has 1 fully saturated rings. The van der Waals surface area contributed by atoms with Crippen LogP contribution in [0.15, 0.2) is 36.4 Å². The van der Waals surface area contributed by atoms with Gasteiger partial charge in [-0.1, -0.05) is 23.5 Å². The van der Waals surface area contributed by atoms with Gasteiger partial charge in [0.05, 0.1) is 17.9 Å². The number of thiazole rings is 1. The van der Waals surface area contributed by atoms with Crippen molar-refractivity contribution < 1.29 is 27.8 Å². The second kappa shape index (κ2) is 9.81. The molecule has 2 aliphatic heterocycles. The SMILES string of the molecule is CC1Oc2ccccc2OC1C(=O)N(CCCN1CCOCC1)c1nc2c(F)cc(F)cc2s1. The number of anilines is 1. The average molecular weight is 490 g/mol. The Bertz CT molecular complexity index is 1180. The summed E-state index contributed by atoms with van der Waals surface area (Å²) < 4.78 is 45.8. The number of hydrogen-bond donors (Lipinski definition) is 0. The number of ether oxygens (including phenoxy) is 3. The minimum absolute atomic E-state index is 0.0478. The molecule has 3 aromatic rings. The summed E-state index contributed by atoms with van der Waals surface area (Å²) in [5, 5.41) is 0.307. The van der Waals surface area contributed by atoms with Crippen LogP contribution >= 0.6 is 11.3 Å². The number of nitrogens with zero attached hydrogens (tertiary/aromatic N) is 3. The molecule has 0 N–H and O–H groups in total. The molecule has 0 spiro atoms. The lowest BCUT2D eigenvalue weighted by atomic mass is 10.1. The summed E-state index contributed by atoms with van der Waals surface area (Å²) in [6.45, 7) is 5.97. The summed E-state index contributed by atoms with van der Waals surface area (Å²) >= 11 is 1.08. The molecule has 0 saturated carbocycles. The van der Waals surface area contributed by atoms with Crippen LogP contribution in [0.1, 0.15) is 13.3 Å². The number of amides is 1. The minimum Gasteiger partial charge on any atom is -0.482 e. The third-order valence-corrected chi connectivity index (χ3v) is 6.97. The molecule has 2 aliphatic rings. The Hall–Kier alpha value is -2.82. The molecule has 0 aliphatic carbocycles. The minimum atomic E-state index is -0.896. The lowest BCUT2D eigenvalue weighted by Crippen LogP contribution is -2.51. The number of aromatic nitrogens is 1. The second-order valence-corrected chi connectivity index (χ2v) is 9.35. The molecule has 2 unspecified atom stereocenters. The molecule has 34 heavy (non-hydrogen) atoms. The number of morpholine rings is 1. The fraction of sp³-hybridized carbons (Fsp3) is 0.417. The van der Waals surface area contributed by atoms with Crippen molar-refractivity contribution in [1.82, 2.24) is 9.88 Å². The van der Waals surface area contributed by atoms with E-state index < -0.39 is 23.8 Å². The number of carbonyl (C=O) groups excluding carboxylic acids is 1. The highest BCUT2D eigenvalue weighted by Crippen LogP contribution is 2.36. The van der Waals surface area contributed by atoms with Crippen molar-refractivity contribution in [2.75, 3.05) is 44.3 Å². The number of fused-ring (bicyclic) bond motifs is 2. The Morgan fingerprint density at radius 2 is 1.91 bits per heavy atom. The van der Waals surface area contributed by atoms with Crippen molar-refractivity contribution in [3.8, 4) is 11.5 Å². The van der Waals surface area contributed by atoms with Crippen molar-refractivity contribution >= 4 is 32.6 Å². The van der Waals surface area contributed by atoms with Crippen LogP contribution in [-0.2, 0) is 9.53 Å². The first kappa shape index (κ1) is 22.9. The van der Waals surface area contributed by atoms with Gasteiger partial charge in [-0.15, -0.1) is 0 Å². The average Bonchev–Trinajstić information content (AvgIpc) is 3.25. The maximum Gasteiger partial charge on any atom is 0.273 e. The molecular weight excluding hydrogens is 464 g/mol. The van der Waals surface area contributed by atoms with Crippen molar-refractivity contribution in [2.45, 2.75) is 25.6 Å². The zero-order valence-corrected chi connectivity index (χ0v) is 19.5. The third-order valence-electron chi connectivity index (χ3n) is 5.94. The Balaban J connectivity index is 1.41. The van der Waals surface area contributed by atoms with Gasteiger partial charge >= 0.3 is 0 Å². The topological polar surface area (TPSA) is 64.1 Å². The van der Waals surface area contributed by atoms with Gasteiger partial charge in [0.15, 0.2) is 22.4 Å². The molecule has 180 valence electrons. The molecule has 1 amide bonds. The predicted octanol–water partition coefficient (Wildman–Crippen LogP) is 3.86. The Labute approximate surface area is 199 Å². The van der Waals surface area contributed by atoms with Crippen molar-refractivity contribution in [2.24, 2.45) is 0 Å². The summed E-state index contributed by atoms with van der Waals surface area (Å²) in [5.41, 5.74) is 0.0478. The van der Waals surface area contributed by atoms with E-state index >= 15 is 0 Å². The molecule has 5 rings (SSSR count). The zero-order valence-electron chi connectivity index (χ0n) is 18.7. The lowest BCUT2D eigenvalue weighted by molar-refractivity contribution is -0.130. The number of benzene rings is 2. The Kier molecular flexibility index (Phi) is 6.62. The molecule has 1 aromatic heterocycles. The molecule has 0 radical (unpaired) electrons. The summed E-state index contributed by atoms with van der Waals surface area (Å²) in [5.74, 6) is -0.693. The monoisotopic (exact) mass is 489 g/mol.